The SMILES string of the molecule is O=C(NCCc1nc(C(=O)NC(c2ccccc2)c2ccccc2)no1)c1ccc(-c2ccccc2)cc1. The molecule has 0 aliphatic carbocycles. The van der Waals surface area contributed by atoms with E-state index in [1.54, 1.807) is 12.1 Å². The second kappa shape index (κ2) is 11.8. The second-order valence-corrected chi connectivity index (χ2v) is 8.69. The molecule has 0 aliphatic rings. The smallest absolute Gasteiger partial charge is 0.293 e. The second-order valence-electron chi connectivity index (χ2n) is 8.69. The molecule has 0 atom stereocenters. The zero-order valence-electron chi connectivity index (χ0n) is 20.6. The van der Waals surface area contributed by atoms with Crippen molar-refractivity contribution >= 4 is 11.8 Å². The molecule has 5 rings (SSSR count). The van der Waals surface area contributed by atoms with Crippen LogP contribution in [0.15, 0.2) is 120 Å². The molecule has 2 N–H and O–H groups in total. The normalized spacial score (nSPS) is 10.8. The summed E-state index contributed by atoms with van der Waals surface area (Å²) in [6.45, 7) is 0.291. The summed E-state index contributed by atoms with van der Waals surface area (Å²) in [4.78, 5) is 29.7. The average Bonchev–Trinajstić information content (AvgIpc) is 3.46. The molecule has 4 aromatic carbocycles. The van der Waals surface area contributed by atoms with Gasteiger partial charge < -0.3 is 15.2 Å². The monoisotopic (exact) mass is 502 g/mol. The first kappa shape index (κ1) is 24.6. The Balaban J connectivity index is 1.17. The zero-order valence-corrected chi connectivity index (χ0v) is 20.6. The van der Waals surface area contributed by atoms with E-state index in [0.717, 1.165) is 22.3 Å². The van der Waals surface area contributed by atoms with E-state index in [-0.39, 0.29) is 23.7 Å². The van der Waals surface area contributed by atoms with Crippen molar-refractivity contribution in [3.8, 4) is 11.1 Å². The number of nitrogens with one attached hydrogen (secondary N) is 2. The summed E-state index contributed by atoms with van der Waals surface area (Å²) in [7, 11) is 0. The van der Waals surface area contributed by atoms with Gasteiger partial charge in [-0.1, -0.05) is 108 Å². The Kier molecular flexibility index (Phi) is 7.65. The Morgan fingerprint density at radius 2 is 1.24 bits per heavy atom. The van der Waals surface area contributed by atoms with Gasteiger partial charge in [0, 0.05) is 18.5 Å². The lowest BCUT2D eigenvalue weighted by Crippen LogP contribution is -2.30. The van der Waals surface area contributed by atoms with Gasteiger partial charge >= 0.3 is 0 Å². The fourth-order valence-electron chi connectivity index (χ4n) is 4.12. The van der Waals surface area contributed by atoms with Crippen LogP contribution in [0.5, 0.6) is 0 Å². The summed E-state index contributed by atoms with van der Waals surface area (Å²) < 4.78 is 5.26. The highest BCUT2D eigenvalue weighted by Gasteiger charge is 2.21. The number of hydrogen-bond acceptors (Lipinski definition) is 5. The van der Waals surface area contributed by atoms with Gasteiger partial charge in [-0.15, -0.1) is 0 Å². The van der Waals surface area contributed by atoms with Crippen LogP contribution in [0.3, 0.4) is 0 Å². The molecule has 0 spiro atoms. The van der Waals surface area contributed by atoms with Gasteiger partial charge in [0.1, 0.15) is 0 Å². The van der Waals surface area contributed by atoms with E-state index in [1.165, 1.54) is 0 Å². The number of hydrogen-bond donors (Lipinski definition) is 2. The van der Waals surface area contributed by atoms with Crippen molar-refractivity contribution in [1.29, 1.82) is 0 Å². The summed E-state index contributed by atoms with van der Waals surface area (Å²) in [6, 6.07) is 36.4. The number of benzene rings is 4. The Bertz CT molecular complexity index is 1450. The van der Waals surface area contributed by atoms with E-state index in [2.05, 4.69) is 20.8 Å². The largest absolute Gasteiger partial charge is 0.352 e. The lowest BCUT2D eigenvalue weighted by molar-refractivity contribution is 0.0927. The minimum Gasteiger partial charge on any atom is -0.352 e. The molecule has 0 unspecified atom stereocenters. The van der Waals surface area contributed by atoms with Crippen molar-refractivity contribution in [2.45, 2.75) is 12.5 Å². The maximum atomic E-state index is 12.9. The molecule has 0 saturated heterocycles. The molecule has 5 aromatic rings. The first-order valence-electron chi connectivity index (χ1n) is 12.3. The van der Waals surface area contributed by atoms with Gasteiger partial charge in [0.15, 0.2) is 0 Å². The molecule has 1 aromatic heterocycles. The van der Waals surface area contributed by atoms with Crippen LogP contribution < -0.4 is 10.6 Å². The van der Waals surface area contributed by atoms with Gasteiger partial charge in [-0.3, -0.25) is 9.59 Å². The minimum absolute atomic E-state index is 0.0558. The molecule has 0 fully saturated rings. The third-order valence-corrected chi connectivity index (χ3v) is 6.09. The van der Waals surface area contributed by atoms with Gasteiger partial charge in [0.05, 0.1) is 6.04 Å². The van der Waals surface area contributed by atoms with E-state index in [4.69, 9.17) is 4.52 Å². The molecule has 0 aliphatic heterocycles. The summed E-state index contributed by atoms with van der Waals surface area (Å²) >= 11 is 0. The lowest BCUT2D eigenvalue weighted by atomic mass is 9.99. The maximum Gasteiger partial charge on any atom is 0.293 e. The van der Waals surface area contributed by atoms with E-state index in [0.29, 0.717) is 18.5 Å². The predicted octanol–water partition coefficient (Wildman–Crippen LogP) is 5.23. The fraction of sp³-hybridized carbons (Fsp3) is 0.0968. The van der Waals surface area contributed by atoms with Crippen LogP contribution in [-0.4, -0.2) is 28.5 Å². The van der Waals surface area contributed by atoms with Crippen molar-refractivity contribution in [2.75, 3.05) is 6.54 Å². The number of amides is 2. The van der Waals surface area contributed by atoms with Gasteiger partial charge in [0.25, 0.3) is 17.6 Å². The fourth-order valence-corrected chi connectivity index (χ4v) is 4.12. The lowest BCUT2D eigenvalue weighted by Gasteiger charge is -2.18. The Labute approximate surface area is 220 Å². The number of aromatic nitrogens is 2. The Morgan fingerprint density at radius 1 is 0.684 bits per heavy atom. The van der Waals surface area contributed by atoms with Crippen molar-refractivity contribution in [1.82, 2.24) is 20.8 Å². The Morgan fingerprint density at radius 3 is 1.84 bits per heavy atom. The molecule has 7 nitrogen and oxygen atoms in total. The van der Waals surface area contributed by atoms with Crippen LogP contribution in [0.4, 0.5) is 0 Å². The highest BCUT2D eigenvalue weighted by molar-refractivity contribution is 5.94. The number of rotatable bonds is 9. The molecule has 1 heterocycles. The van der Waals surface area contributed by atoms with Crippen LogP contribution in [0, 0.1) is 0 Å². The van der Waals surface area contributed by atoms with Crippen molar-refractivity contribution in [3.05, 3.63) is 144 Å². The predicted molar refractivity (Wildman–Crippen MR) is 144 cm³/mol. The van der Waals surface area contributed by atoms with Crippen LogP contribution in [-0.2, 0) is 6.42 Å². The van der Waals surface area contributed by atoms with Crippen molar-refractivity contribution in [3.63, 3.8) is 0 Å². The highest BCUT2D eigenvalue weighted by atomic mass is 16.5. The number of carbonyl (C=O) groups is 2. The molecule has 188 valence electrons. The number of carbonyl (C=O) groups excluding carboxylic acids is 2. The molecular weight excluding hydrogens is 476 g/mol. The summed E-state index contributed by atoms with van der Waals surface area (Å²) in [5.41, 5.74) is 4.57. The standard InChI is InChI=1S/C31H26N4O3/c36-30(26-18-16-23(17-19-26)22-10-4-1-5-11-22)32-21-20-27-33-29(35-38-27)31(37)34-28(24-12-6-2-7-13-24)25-14-8-3-9-15-25/h1-19,28H,20-21H2,(H,32,36)(H,34,37). The van der Waals surface area contributed by atoms with Gasteiger partial charge in [-0.2, -0.15) is 4.98 Å². The van der Waals surface area contributed by atoms with E-state index < -0.39 is 5.91 Å². The first-order chi connectivity index (χ1) is 18.7. The van der Waals surface area contributed by atoms with Crippen molar-refractivity contribution < 1.29 is 14.1 Å². The van der Waals surface area contributed by atoms with Crippen LogP contribution in [0.25, 0.3) is 11.1 Å². The summed E-state index contributed by atoms with van der Waals surface area (Å²) in [5, 5.41) is 9.69. The van der Waals surface area contributed by atoms with Gasteiger partial charge in [-0.05, 0) is 34.4 Å². The summed E-state index contributed by atoms with van der Waals surface area (Å²) in [5.74, 6) is -0.429. The summed E-state index contributed by atoms with van der Waals surface area (Å²) in [6.07, 6.45) is 0.301. The molecule has 2 amide bonds. The zero-order chi connectivity index (χ0) is 26.2. The quantitative estimate of drug-likeness (QED) is 0.288. The first-order valence-corrected chi connectivity index (χ1v) is 12.3. The van der Waals surface area contributed by atoms with Gasteiger partial charge in [0.2, 0.25) is 5.89 Å². The van der Waals surface area contributed by atoms with E-state index in [9.17, 15) is 9.59 Å². The minimum atomic E-state index is -0.444. The molecule has 7 heteroatoms. The van der Waals surface area contributed by atoms with Crippen molar-refractivity contribution in [2.24, 2.45) is 0 Å². The van der Waals surface area contributed by atoms with E-state index >= 15 is 0 Å². The van der Waals surface area contributed by atoms with Crippen LogP contribution >= 0.6 is 0 Å². The topological polar surface area (TPSA) is 97.1 Å². The number of nitrogens with zero attached hydrogens (tertiary/aromatic N) is 2. The molecule has 38 heavy (non-hydrogen) atoms. The van der Waals surface area contributed by atoms with E-state index in [1.807, 2.05) is 103 Å². The maximum absolute atomic E-state index is 12.9. The van der Waals surface area contributed by atoms with Gasteiger partial charge in [-0.25, -0.2) is 0 Å². The van der Waals surface area contributed by atoms with Crippen LogP contribution in [0.1, 0.15) is 44.0 Å². The highest BCUT2D eigenvalue weighted by Crippen LogP contribution is 2.22. The molecule has 0 radical (unpaired) electrons. The Hall–Kier alpha value is -5.04. The average molecular weight is 503 g/mol. The third kappa shape index (κ3) is 6.02. The van der Waals surface area contributed by atoms with Crippen LogP contribution in [0.2, 0.25) is 0 Å². The molecule has 0 bridgehead atoms. The molecular formula is C31H26N4O3. The third-order valence-electron chi connectivity index (χ3n) is 6.09. The molecule has 0 saturated carbocycles.